The van der Waals surface area contributed by atoms with Gasteiger partial charge in [0.05, 0.1) is 13.7 Å². The first kappa shape index (κ1) is 16.5. The molecule has 0 unspecified atom stereocenters. The Morgan fingerprint density at radius 1 is 1.13 bits per heavy atom. The maximum atomic E-state index is 11.9. The van der Waals surface area contributed by atoms with E-state index in [1.807, 2.05) is 0 Å². The van der Waals surface area contributed by atoms with Crippen LogP contribution in [0.5, 0.6) is 11.5 Å². The van der Waals surface area contributed by atoms with E-state index in [1.165, 1.54) is 0 Å². The van der Waals surface area contributed by atoms with Crippen molar-refractivity contribution in [1.82, 2.24) is 0 Å². The Hall–Kier alpha value is -2.82. The molecule has 5 heteroatoms. The second-order valence-corrected chi connectivity index (χ2v) is 4.69. The Morgan fingerprint density at radius 3 is 2.61 bits per heavy atom. The third-order valence-electron chi connectivity index (χ3n) is 3.21. The molecule has 0 saturated carbocycles. The summed E-state index contributed by atoms with van der Waals surface area (Å²) in [7, 11) is 1.55. The van der Waals surface area contributed by atoms with Gasteiger partial charge < -0.3 is 14.2 Å². The minimum atomic E-state index is -0.434. The number of carbonyl (C=O) groups excluding carboxylic acids is 2. The molecule has 0 heterocycles. The van der Waals surface area contributed by atoms with Gasteiger partial charge in [0.1, 0.15) is 30.0 Å². The standard InChI is InChI=1S/C18H18O5/c1-3-22-18(20)15-6-4-5-7-17(15)23-12-14-10-13(11-19)8-9-16(14)21-2/h4-11H,3,12H2,1-2H3. The van der Waals surface area contributed by atoms with Crippen LogP contribution >= 0.6 is 0 Å². The van der Waals surface area contributed by atoms with Gasteiger partial charge in [-0.1, -0.05) is 12.1 Å². The first-order chi connectivity index (χ1) is 11.2. The van der Waals surface area contributed by atoms with Gasteiger partial charge >= 0.3 is 5.97 Å². The van der Waals surface area contributed by atoms with Gasteiger partial charge in [-0.25, -0.2) is 4.79 Å². The highest BCUT2D eigenvalue weighted by Crippen LogP contribution is 2.24. The second kappa shape index (κ2) is 7.98. The van der Waals surface area contributed by atoms with E-state index in [4.69, 9.17) is 14.2 Å². The van der Waals surface area contributed by atoms with Crippen molar-refractivity contribution in [1.29, 1.82) is 0 Å². The molecule has 0 N–H and O–H groups in total. The van der Waals surface area contributed by atoms with E-state index < -0.39 is 5.97 Å². The van der Waals surface area contributed by atoms with Crippen molar-refractivity contribution in [3.8, 4) is 11.5 Å². The van der Waals surface area contributed by atoms with E-state index in [1.54, 1.807) is 56.5 Å². The Morgan fingerprint density at radius 2 is 1.91 bits per heavy atom. The Balaban J connectivity index is 2.21. The molecule has 0 aliphatic carbocycles. The molecule has 0 atom stereocenters. The molecular formula is C18H18O5. The predicted molar refractivity (Wildman–Crippen MR) is 85.1 cm³/mol. The first-order valence-electron chi connectivity index (χ1n) is 7.20. The average Bonchev–Trinajstić information content (AvgIpc) is 2.60. The second-order valence-electron chi connectivity index (χ2n) is 4.69. The number of carbonyl (C=O) groups is 2. The molecule has 5 nitrogen and oxygen atoms in total. The first-order valence-corrected chi connectivity index (χ1v) is 7.20. The number of benzene rings is 2. The Kier molecular flexibility index (Phi) is 5.74. The van der Waals surface area contributed by atoms with Crippen LogP contribution in [0, 0.1) is 0 Å². The minimum absolute atomic E-state index is 0.168. The summed E-state index contributed by atoms with van der Waals surface area (Å²) in [6, 6.07) is 11.9. The number of rotatable bonds is 7. The van der Waals surface area contributed by atoms with Crippen LogP contribution in [0.2, 0.25) is 0 Å². The number of hydrogen-bond donors (Lipinski definition) is 0. The topological polar surface area (TPSA) is 61.8 Å². The molecular weight excluding hydrogens is 296 g/mol. The van der Waals surface area contributed by atoms with Crippen LogP contribution in [0.25, 0.3) is 0 Å². The van der Waals surface area contributed by atoms with Crippen molar-refractivity contribution in [2.45, 2.75) is 13.5 Å². The Labute approximate surface area is 134 Å². The molecule has 2 aromatic rings. The molecule has 0 aliphatic heterocycles. The third-order valence-corrected chi connectivity index (χ3v) is 3.21. The number of methoxy groups -OCH3 is 1. The lowest BCUT2D eigenvalue weighted by Gasteiger charge is -2.13. The van der Waals surface area contributed by atoms with Crippen LogP contribution in [-0.2, 0) is 11.3 Å². The molecule has 0 spiro atoms. The molecule has 2 rings (SSSR count). The van der Waals surface area contributed by atoms with Gasteiger partial charge in [-0.15, -0.1) is 0 Å². The highest BCUT2D eigenvalue weighted by molar-refractivity contribution is 5.92. The number of aldehydes is 1. The molecule has 0 saturated heterocycles. The minimum Gasteiger partial charge on any atom is -0.496 e. The lowest BCUT2D eigenvalue weighted by atomic mass is 10.1. The largest absolute Gasteiger partial charge is 0.496 e. The lowest BCUT2D eigenvalue weighted by Crippen LogP contribution is -2.08. The van der Waals surface area contributed by atoms with Crippen molar-refractivity contribution in [3.63, 3.8) is 0 Å². The van der Waals surface area contributed by atoms with Crippen LogP contribution in [0.3, 0.4) is 0 Å². The van der Waals surface area contributed by atoms with Gasteiger partial charge in [0.25, 0.3) is 0 Å². The molecule has 0 fully saturated rings. The molecule has 0 amide bonds. The van der Waals surface area contributed by atoms with Gasteiger partial charge in [0, 0.05) is 11.1 Å². The van der Waals surface area contributed by atoms with Crippen LogP contribution in [-0.4, -0.2) is 26.0 Å². The van der Waals surface area contributed by atoms with E-state index in [0.717, 1.165) is 11.8 Å². The summed E-state index contributed by atoms with van der Waals surface area (Å²) in [6.07, 6.45) is 0.759. The fraction of sp³-hybridized carbons (Fsp3) is 0.222. The number of hydrogen-bond acceptors (Lipinski definition) is 5. The predicted octanol–water partition coefficient (Wildman–Crippen LogP) is 3.26. The van der Waals surface area contributed by atoms with Crippen molar-refractivity contribution < 1.29 is 23.8 Å². The van der Waals surface area contributed by atoms with Crippen LogP contribution in [0.15, 0.2) is 42.5 Å². The summed E-state index contributed by atoms with van der Waals surface area (Å²) in [5.74, 6) is 0.602. The summed E-state index contributed by atoms with van der Waals surface area (Å²) in [5.41, 5.74) is 1.61. The molecule has 23 heavy (non-hydrogen) atoms. The fourth-order valence-electron chi connectivity index (χ4n) is 2.11. The molecule has 0 aromatic heterocycles. The molecule has 0 bridgehead atoms. The van der Waals surface area contributed by atoms with Gasteiger partial charge in [-0.2, -0.15) is 0 Å². The number of esters is 1. The van der Waals surface area contributed by atoms with Crippen molar-refractivity contribution in [2.75, 3.05) is 13.7 Å². The number of ether oxygens (including phenoxy) is 3. The molecule has 0 aliphatic rings. The van der Waals surface area contributed by atoms with Gasteiger partial charge in [-0.3, -0.25) is 4.79 Å². The zero-order valence-electron chi connectivity index (χ0n) is 13.1. The molecule has 0 radical (unpaired) electrons. The molecule has 120 valence electrons. The van der Waals surface area contributed by atoms with Crippen molar-refractivity contribution in [2.24, 2.45) is 0 Å². The summed E-state index contributed by atoms with van der Waals surface area (Å²) >= 11 is 0. The van der Waals surface area contributed by atoms with Crippen LogP contribution in [0.4, 0.5) is 0 Å². The van der Waals surface area contributed by atoms with Crippen LogP contribution in [0.1, 0.15) is 33.2 Å². The summed E-state index contributed by atoms with van der Waals surface area (Å²) in [6.45, 7) is 2.21. The average molecular weight is 314 g/mol. The zero-order valence-corrected chi connectivity index (χ0v) is 13.1. The smallest absolute Gasteiger partial charge is 0.341 e. The normalized spacial score (nSPS) is 10.0. The van der Waals surface area contributed by atoms with E-state index in [0.29, 0.717) is 29.2 Å². The Bertz CT molecular complexity index is 694. The molecule has 2 aromatic carbocycles. The monoisotopic (exact) mass is 314 g/mol. The quantitative estimate of drug-likeness (QED) is 0.580. The van der Waals surface area contributed by atoms with Crippen molar-refractivity contribution in [3.05, 3.63) is 59.2 Å². The van der Waals surface area contributed by atoms with Gasteiger partial charge in [0.2, 0.25) is 0 Å². The summed E-state index contributed by atoms with van der Waals surface area (Å²) in [4.78, 5) is 22.8. The lowest BCUT2D eigenvalue weighted by molar-refractivity contribution is 0.0521. The SMILES string of the molecule is CCOC(=O)c1ccccc1OCc1cc(C=O)ccc1OC. The highest BCUT2D eigenvalue weighted by atomic mass is 16.5. The highest BCUT2D eigenvalue weighted by Gasteiger charge is 2.14. The van der Waals surface area contributed by atoms with Crippen molar-refractivity contribution >= 4 is 12.3 Å². The van der Waals surface area contributed by atoms with Gasteiger partial charge in [-0.05, 0) is 37.3 Å². The summed E-state index contributed by atoms with van der Waals surface area (Å²) < 4.78 is 16.0. The maximum Gasteiger partial charge on any atom is 0.341 e. The van der Waals surface area contributed by atoms with E-state index in [-0.39, 0.29) is 6.61 Å². The zero-order chi connectivity index (χ0) is 16.7. The fourth-order valence-corrected chi connectivity index (χ4v) is 2.11. The van der Waals surface area contributed by atoms with E-state index in [9.17, 15) is 9.59 Å². The van der Waals surface area contributed by atoms with E-state index in [2.05, 4.69) is 0 Å². The summed E-state index contributed by atoms with van der Waals surface area (Å²) in [5, 5.41) is 0. The number of para-hydroxylation sites is 1. The van der Waals surface area contributed by atoms with Crippen LogP contribution < -0.4 is 9.47 Å². The third kappa shape index (κ3) is 4.10. The van der Waals surface area contributed by atoms with E-state index >= 15 is 0 Å². The maximum absolute atomic E-state index is 11.9. The van der Waals surface area contributed by atoms with Gasteiger partial charge in [0.15, 0.2) is 0 Å².